The monoisotopic (exact) mass is 362 g/mol. The van der Waals surface area contributed by atoms with Gasteiger partial charge >= 0.3 is 0 Å². The van der Waals surface area contributed by atoms with Crippen molar-refractivity contribution in [3.63, 3.8) is 0 Å². The molecule has 2 saturated carbocycles. The molecule has 1 heterocycles. The molecule has 3 unspecified atom stereocenters. The number of sulfonamides is 1. The highest BCUT2D eigenvalue weighted by Crippen LogP contribution is 2.47. The Hall–Kier alpha value is -1.40. The number of nitrogens with one attached hydrogen (secondary N) is 1. The summed E-state index contributed by atoms with van der Waals surface area (Å²) in [5.74, 6) is 1.87. The maximum atomic E-state index is 12.7. The first-order valence-corrected chi connectivity index (χ1v) is 10.9. The number of rotatable bonds is 4. The van der Waals surface area contributed by atoms with Crippen molar-refractivity contribution >= 4 is 21.6 Å². The van der Waals surface area contributed by atoms with Crippen molar-refractivity contribution < 1.29 is 13.2 Å². The molecule has 2 aliphatic carbocycles. The molecule has 1 aromatic rings. The molecule has 3 atom stereocenters. The molecule has 4 rings (SSSR count). The summed E-state index contributed by atoms with van der Waals surface area (Å²) in [5, 5.41) is 0. The van der Waals surface area contributed by atoms with Gasteiger partial charge in [0.25, 0.3) is 0 Å². The van der Waals surface area contributed by atoms with Crippen LogP contribution in [0.3, 0.4) is 0 Å². The smallest absolute Gasteiger partial charge is 0.240 e. The van der Waals surface area contributed by atoms with Crippen molar-refractivity contribution in [1.82, 2.24) is 4.72 Å². The first-order valence-electron chi connectivity index (χ1n) is 9.46. The third-order valence-electron chi connectivity index (χ3n) is 5.94. The molecule has 0 radical (unpaired) electrons. The van der Waals surface area contributed by atoms with E-state index in [0.29, 0.717) is 13.0 Å². The number of benzene rings is 1. The van der Waals surface area contributed by atoms with Gasteiger partial charge < -0.3 is 4.90 Å². The van der Waals surface area contributed by atoms with E-state index in [1.807, 2.05) is 0 Å². The fourth-order valence-electron chi connectivity index (χ4n) is 4.34. The second kappa shape index (κ2) is 6.72. The summed E-state index contributed by atoms with van der Waals surface area (Å²) in [6, 6.07) is 6.76. The summed E-state index contributed by atoms with van der Waals surface area (Å²) < 4.78 is 28.3. The lowest BCUT2D eigenvalue weighted by Gasteiger charge is -2.21. The second-order valence-corrected chi connectivity index (χ2v) is 9.44. The molecule has 1 aromatic carbocycles. The van der Waals surface area contributed by atoms with Gasteiger partial charge in [0.15, 0.2) is 0 Å². The molecule has 1 aliphatic heterocycles. The Morgan fingerprint density at radius 2 is 1.72 bits per heavy atom. The Kier molecular flexibility index (Phi) is 4.58. The molecular formula is C19H26N2O3S. The van der Waals surface area contributed by atoms with Crippen LogP contribution in [0.4, 0.5) is 5.69 Å². The quantitative estimate of drug-likeness (QED) is 0.895. The van der Waals surface area contributed by atoms with E-state index in [1.54, 1.807) is 29.2 Å². The van der Waals surface area contributed by atoms with Crippen LogP contribution in [0.5, 0.6) is 0 Å². The predicted molar refractivity (Wildman–Crippen MR) is 96.8 cm³/mol. The number of hydrogen-bond acceptors (Lipinski definition) is 3. The van der Waals surface area contributed by atoms with Crippen LogP contribution < -0.4 is 9.62 Å². The summed E-state index contributed by atoms with van der Waals surface area (Å²) in [5.41, 5.74) is 0.784. The number of nitrogens with zero attached hydrogens (tertiary/aromatic N) is 1. The Morgan fingerprint density at radius 1 is 0.960 bits per heavy atom. The molecule has 136 valence electrons. The summed E-state index contributed by atoms with van der Waals surface area (Å²) in [7, 11) is -3.50. The number of carbonyl (C=O) groups is 1. The Labute approximate surface area is 149 Å². The maximum Gasteiger partial charge on any atom is 0.240 e. The average molecular weight is 362 g/mol. The van der Waals surface area contributed by atoms with Crippen LogP contribution in [0.1, 0.15) is 51.4 Å². The lowest BCUT2D eigenvalue weighted by Crippen LogP contribution is -2.35. The molecule has 3 fully saturated rings. The van der Waals surface area contributed by atoms with Gasteiger partial charge in [-0.3, -0.25) is 4.79 Å². The molecule has 0 bridgehead atoms. The van der Waals surface area contributed by atoms with Crippen LogP contribution in [-0.4, -0.2) is 26.9 Å². The van der Waals surface area contributed by atoms with E-state index in [2.05, 4.69) is 4.72 Å². The van der Waals surface area contributed by atoms with E-state index < -0.39 is 10.0 Å². The van der Waals surface area contributed by atoms with Crippen LogP contribution >= 0.6 is 0 Å². The van der Waals surface area contributed by atoms with Gasteiger partial charge in [-0.05, 0) is 68.2 Å². The number of amides is 1. The van der Waals surface area contributed by atoms with Crippen LogP contribution in [0.25, 0.3) is 0 Å². The van der Waals surface area contributed by atoms with E-state index in [1.165, 1.54) is 12.8 Å². The number of anilines is 1. The zero-order valence-electron chi connectivity index (χ0n) is 14.5. The molecule has 1 N–H and O–H groups in total. The highest BCUT2D eigenvalue weighted by molar-refractivity contribution is 7.89. The normalized spacial score (nSPS) is 29.8. The molecule has 6 heteroatoms. The van der Waals surface area contributed by atoms with E-state index >= 15 is 0 Å². The minimum Gasteiger partial charge on any atom is -0.312 e. The molecular weight excluding hydrogens is 336 g/mol. The van der Waals surface area contributed by atoms with Gasteiger partial charge in [-0.15, -0.1) is 0 Å². The van der Waals surface area contributed by atoms with Gasteiger partial charge in [0.1, 0.15) is 0 Å². The van der Waals surface area contributed by atoms with Gasteiger partial charge in [0.05, 0.1) is 4.90 Å². The first kappa shape index (κ1) is 17.0. The van der Waals surface area contributed by atoms with E-state index in [9.17, 15) is 13.2 Å². The molecule has 3 aliphatic rings. The zero-order chi connectivity index (χ0) is 17.4. The Morgan fingerprint density at radius 3 is 2.44 bits per heavy atom. The van der Waals surface area contributed by atoms with Gasteiger partial charge in [0.2, 0.25) is 15.9 Å². The molecule has 5 nitrogen and oxygen atoms in total. The Balaban J connectivity index is 1.43. The Bertz CT molecular complexity index is 744. The van der Waals surface area contributed by atoms with Crippen LogP contribution in [-0.2, 0) is 14.8 Å². The topological polar surface area (TPSA) is 66.5 Å². The fraction of sp³-hybridized carbons (Fsp3) is 0.632. The van der Waals surface area contributed by atoms with Crippen molar-refractivity contribution in [1.29, 1.82) is 0 Å². The summed E-state index contributed by atoms with van der Waals surface area (Å²) in [6.45, 7) is 0.716. The summed E-state index contributed by atoms with van der Waals surface area (Å²) in [4.78, 5) is 13.8. The van der Waals surface area contributed by atoms with Crippen molar-refractivity contribution in [2.75, 3.05) is 11.4 Å². The zero-order valence-corrected chi connectivity index (χ0v) is 15.3. The molecule has 1 amide bonds. The number of hydrogen-bond donors (Lipinski definition) is 1. The van der Waals surface area contributed by atoms with Gasteiger partial charge in [-0.2, -0.15) is 0 Å². The van der Waals surface area contributed by atoms with Gasteiger partial charge in [0, 0.05) is 24.7 Å². The lowest BCUT2D eigenvalue weighted by atomic mass is 9.97. The highest BCUT2D eigenvalue weighted by Gasteiger charge is 2.38. The average Bonchev–Trinajstić information content (AvgIpc) is 3.16. The van der Waals surface area contributed by atoms with E-state index in [4.69, 9.17) is 0 Å². The van der Waals surface area contributed by atoms with Crippen molar-refractivity contribution in [2.24, 2.45) is 11.8 Å². The largest absolute Gasteiger partial charge is 0.312 e. The van der Waals surface area contributed by atoms with Crippen LogP contribution in [0, 0.1) is 11.8 Å². The first-order chi connectivity index (χ1) is 12.0. The summed E-state index contributed by atoms with van der Waals surface area (Å²) >= 11 is 0. The standard InChI is InChI=1S/C19H26N2O3S/c22-19-5-2-12-21(19)17-8-10-18(11-9-17)25(23,24)20-16-4-1-3-14-13-15(14)6-7-16/h8-11,14-16,20H,1-7,12-13H2. The maximum absolute atomic E-state index is 12.7. The van der Waals surface area contributed by atoms with Crippen LogP contribution in [0.2, 0.25) is 0 Å². The minimum atomic E-state index is -3.50. The van der Waals surface area contributed by atoms with Gasteiger partial charge in [-0.25, -0.2) is 13.1 Å². The number of fused-ring (bicyclic) bond motifs is 1. The van der Waals surface area contributed by atoms with Crippen LogP contribution in [0.15, 0.2) is 29.2 Å². The van der Waals surface area contributed by atoms with Crippen molar-refractivity contribution in [3.05, 3.63) is 24.3 Å². The third kappa shape index (κ3) is 3.75. The van der Waals surface area contributed by atoms with Crippen molar-refractivity contribution in [3.8, 4) is 0 Å². The molecule has 1 saturated heterocycles. The van der Waals surface area contributed by atoms with E-state index in [0.717, 1.165) is 49.6 Å². The SMILES string of the molecule is O=C1CCCN1c1ccc(S(=O)(=O)NC2CCCC3CC3CC2)cc1. The van der Waals surface area contributed by atoms with E-state index in [-0.39, 0.29) is 16.8 Å². The fourth-order valence-corrected chi connectivity index (χ4v) is 5.64. The third-order valence-corrected chi connectivity index (χ3v) is 7.47. The molecule has 25 heavy (non-hydrogen) atoms. The highest BCUT2D eigenvalue weighted by atomic mass is 32.2. The molecule has 0 spiro atoms. The summed E-state index contributed by atoms with van der Waals surface area (Å²) in [6.07, 6.45) is 8.18. The second-order valence-electron chi connectivity index (χ2n) is 7.73. The van der Waals surface area contributed by atoms with Crippen molar-refractivity contribution in [2.45, 2.75) is 62.3 Å². The lowest BCUT2D eigenvalue weighted by molar-refractivity contribution is -0.117. The predicted octanol–water partition coefficient (Wildman–Crippen LogP) is 3.06. The molecule has 0 aromatic heterocycles. The number of carbonyl (C=O) groups excluding carboxylic acids is 1. The van der Waals surface area contributed by atoms with Gasteiger partial charge in [-0.1, -0.05) is 12.8 Å². The minimum absolute atomic E-state index is 0.0476.